The van der Waals surface area contributed by atoms with Crippen LogP contribution in [0.3, 0.4) is 0 Å². The lowest BCUT2D eigenvalue weighted by Crippen LogP contribution is -2.14. The number of pyridine rings is 1. The van der Waals surface area contributed by atoms with Gasteiger partial charge in [0.2, 0.25) is 0 Å². The first-order chi connectivity index (χ1) is 6.60. The molecule has 0 fully saturated rings. The Balaban J connectivity index is 3.46. The number of hydrogen-bond acceptors (Lipinski definition) is 1. The predicted octanol–water partition coefficient (Wildman–Crippen LogP) is 2.78. The number of hydrogen-bond donors (Lipinski definition) is 1. The predicted molar refractivity (Wildman–Crippen MR) is 61.3 cm³/mol. The van der Waals surface area contributed by atoms with Gasteiger partial charge in [-0.1, -0.05) is 39.2 Å². The Bertz CT molecular complexity index is 413. The Morgan fingerprint density at radius 3 is 2.43 bits per heavy atom. The zero-order valence-electron chi connectivity index (χ0n) is 8.63. The van der Waals surface area contributed by atoms with Crippen LogP contribution in [-0.4, -0.2) is 4.98 Å². The fourth-order valence-electron chi connectivity index (χ4n) is 1.30. The van der Waals surface area contributed by atoms with Gasteiger partial charge in [0, 0.05) is 11.3 Å². The first-order valence-corrected chi connectivity index (χ1v) is 4.62. The largest absolute Gasteiger partial charge is 0.325 e. The normalized spacial score (nSPS) is 10.2. The van der Waals surface area contributed by atoms with Crippen molar-refractivity contribution in [1.82, 2.24) is 4.98 Å². The van der Waals surface area contributed by atoms with Crippen molar-refractivity contribution < 1.29 is 0 Å². The van der Waals surface area contributed by atoms with Crippen molar-refractivity contribution in [1.29, 1.82) is 0 Å². The molecule has 0 amide bonds. The summed E-state index contributed by atoms with van der Waals surface area (Å²) in [6, 6.07) is 1.94. The van der Waals surface area contributed by atoms with E-state index in [1.165, 1.54) is 0 Å². The SMILES string of the molecule is C=Cc1cc(C(C)C)[nH]c(=O)c1C=C. The minimum absolute atomic E-state index is 0.0962. The molecule has 2 heteroatoms. The van der Waals surface area contributed by atoms with Gasteiger partial charge in [-0.3, -0.25) is 4.79 Å². The van der Waals surface area contributed by atoms with Gasteiger partial charge >= 0.3 is 0 Å². The molecule has 1 aromatic heterocycles. The molecular formula is C12H15NO. The summed E-state index contributed by atoms with van der Waals surface area (Å²) >= 11 is 0. The monoisotopic (exact) mass is 189 g/mol. The van der Waals surface area contributed by atoms with Crippen LogP contribution < -0.4 is 5.56 Å². The van der Waals surface area contributed by atoms with Gasteiger partial charge in [0.1, 0.15) is 0 Å². The Morgan fingerprint density at radius 1 is 1.36 bits per heavy atom. The van der Waals surface area contributed by atoms with Crippen LogP contribution in [0.15, 0.2) is 24.0 Å². The zero-order valence-corrected chi connectivity index (χ0v) is 8.63. The third kappa shape index (κ3) is 1.84. The Hall–Kier alpha value is -1.57. The fourth-order valence-corrected chi connectivity index (χ4v) is 1.30. The molecule has 1 rings (SSSR count). The van der Waals surface area contributed by atoms with Crippen LogP contribution in [0.5, 0.6) is 0 Å². The Kier molecular flexibility index (Phi) is 3.07. The number of nitrogens with one attached hydrogen (secondary N) is 1. The zero-order chi connectivity index (χ0) is 10.7. The maximum Gasteiger partial charge on any atom is 0.256 e. The second kappa shape index (κ2) is 4.09. The summed E-state index contributed by atoms with van der Waals surface area (Å²) in [6.07, 6.45) is 3.23. The summed E-state index contributed by atoms with van der Waals surface area (Å²) in [7, 11) is 0. The lowest BCUT2D eigenvalue weighted by molar-refractivity contribution is 0.814. The lowest BCUT2D eigenvalue weighted by Gasteiger charge is -2.08. The minimum Gasteiger partial charge on any atom is -0.325 e. The van der Waals surface area contributed by atoms with E-state index in [1.54, 1.807) is 12.2 Å². The molecule has 0 aliphatic carbocycles. The van der Waals surface area contributed by atoms with Crippen molar-refractivity contribution in [2.24, 2.45) is 0 Å². The molecule has 74 valence electrons. The second-order valence-corrected chi connectivity index (χ2v) is 3.49. The number of rotatable bonds is 3. The molecule has 0 saturated heterocycles. The smallest absolute Gasteiger partial charge is 0.256 e. The standard InChI is InChI=1S/C12H15NO/c1-5-9-7-11(8(3)4)13-12(14)10(9)6-2/h5-8H,1-2H2,3-4H3,(H,13,14). The first kappa shape index (κ1) is 10.5. The van der Waals surface area contributed by atoms with E-state index < -0.39 is 0 Å². The summed E-state index contributed by atoms with van der Waals surface area (Å²) < 4.78 is 0. The van der Waals surface area contributed by atoms with Gasteiger partial charge in [0.15, 0.2) is 0 Å². The molecule has 2 nitrogen and oxygen atoms in total. The van der Waals surface area contributed by atoms with Crippen molar-refractivity contribution in [3.8, 4) is 0 Å². The van der Waals surface area contributed by atoms with Crippen LogP contribution in [0.4, 0.5) is 0 Å². The quantitative estimate of drug-likeness (QED) is 0.779. The second-order valence-electron chi connectivity index (χ2n) is 3.49. The molecule has 0 spiro atoms. The van der Waals surface area contributed by atoms with Gasteiger partial charge in [-0.15, -0.1) is 0 Å². The Morgan fingerprint density at radius 2 is 2.00 bits per heavy atom. The van der Waals surface area contributed by atoms with Crippen molar-refractivity contribution >= 4 is 12.2 Å². The van der Waals surface area contributed by atoms with Crippen molar-refractivity contribution in [3.63, 3.8) is 0 Å². The van der Waals surface area contributed by atoms with E-state index >= 15 is 0 Å². The van der Waals surface area contributed by atoms with Gasteiger partial charge in [-0.05, 0) is 17.5 Å². The molecule has 0 radical (unpaired) electrons. The van der Waals surface area contributed by atoms with E-state index in [1.807, 2.05) is 19.9 Å². The topological polar surface area (TPSA) is 32.9 Å². The molecule has 0 aliphatic rings. The molecule has 0 aromatic carbocycles. The summed E-state index contributed by atoms with van der Waals surface area (Å²) in [5.74, 6) is 0.306. The van der Waals surface area contributed by atoms with E-state index in [-0.39, 0.29) is 5.56 Å². The lowest BCUT2D eigenvalue weighted by atomic mass is 10.0. The molecule has 1 N–H and O–H groups in total. The maximum atomic E-state index is 11.6. The molecule has 0 unspecified atom stereocenters. The number of aromatic amines is 1. The Labute approximate surface area is 84.0 Å². The summed E-state index contributed by atoms with van der Waals surface area (Å²) in [5, 5.41) is 0. The number of aromatic nitrogens is 1. The fraction of sp³-hybridized carbons (Fsp3) is 0.250. The summed E-state index contributed by atoms with van der Waals surface area (Å²) in [6.45, 7) is 11.4. The van der Waals surface area contributed by atoms with E-state index in [4.69, 9.17) is 0 Å². The van der Waals surface area contributed by atoms with Gasteiger partial charge in [-0.2, -0.15) is 0 Å². The van der Waals surface area contributed by atoms with Crippen molar-refractivity contribution in [2.75, 3.05) is 0 Å². The summed E-state index contributed by atoms with van der Waals surface area (Å²) in [5.41, 5.74) is 2.26. The van der Waals surface area contributed by atoms with Crippen LogP contribution in [-0.2, 0) is 0 Å². The van der Waals surface area contributed by atoms with Gasteiger partial charge in [0.05, 0.1) is 0 Å². The molecular weight excluding hydrogens is 174 g/mol. The average Bonchev–Trinajstić information content (AvgIpc) is 2.16. The molecule has 0 saturated carbocycles. The molecule has 1 heterocycles. The highest BCUT2D eigenvalue weighted by atomic mass is 16.1. The molecule has 0 atom stereocenters. The van der Waals surface area contributed by atoms with Crippen molar-refractivity contribution in [3.05, 3.63) is 46.4 Å². The van der Waals surface area contributed by atoms with E-state index in [2.05, 4.69) is 18.1 Å². The maximum absolute atomic E-state index is 11.6. The van der Waals surface area contributed by atoms with Crippen LogP contribution in [0.25, 0.3) is 12.2 Å². The first-order valence-electron chi connectivity index (χ1n) is 4.62. The third-order valence-electron chi connectivity index (χ3n) is 2.17. The molecule has 0 bridgehead atoms. The number of H-pyrrole nitrogens is 1. The van der Waals surface area contributed by atoms with Crippen LogP contribution in [0, 0.1) is 0 Å². The molecule has 14 heavy (non-hydrogen) atoms. The highest BCUT2D eigenvalue weighted by Crippen LogP contribution is 2.14. The van der Waals surface area contributed by atoms with Gasteiger partial charge < -0.3 is 4.98 Å². The van der Waals surface area contributed by atoms with Crippen LogP contribution in [0.2, 0.25) is 0 Å². The molecule has 0 aliphatic heterocycles. The van der Waals surface area contributed by atoms with Crippen LogP contribution >= 0.6 is 0 Å². The van der Waals surface area contributed by atoms with Gasteiger partial charge in [-0.25, -0.2) is 0 Å². The van der Waals surface area contributed by atoms with E-state index in [0.717, 1.165) is 11.3 Å². The van der Waals surface area contributed by atoms with Crippen LogP contribution in [0.1, 0.15) is 36.6 Å². The van der Waals surface area contributed by atoms with E-state index in [9.17, 15) is 4.79 Å². The van der Waals surface area contributed by atoms with Gasteiger partial charge in [0.25, 0.3) is 5.56 Å². The van der Waals surface area contributed by atoms with E-state index in [0.29, 0.717) is 11.5 Å². The molecule has 1 aromatic rings. The highest BCUT2D eigenvalue weighted by Gasteiger charge is 2.06. The summed E-state index contributed by atoms with van der Waals surface area (Å²) in [4.78, 5) is 14.4. The average molecular weight is 189 g/mol. The highest BCUT2D eigenvalue weighted by molar-refractivity contribution is 5.62. The van der Waals surface area contributed by atoms with Crippen molar-refractivity contribution in [2.45, 2.75) is 19.8 Å². The third-order valence-corrected chi connectivity index (χ3v) is 2.17. The minimum atomic E-state index is -0.0962.